The summed E-state index contributed by atoms with van der Waals surface area (Å²) in [6.45, 7) is 0.453. The average Bonchev–Trinajstić information content (AvgIpc) is 2.92. The zero-order valence-corrected chi connectivity index (χ0v) is 21.1. The zero-order valence-electron chi connectivity index (χ0n) is 21.1. The number of alkyl halides is 3. The molecule has 0 aliphatic carbocycles. The van der Waals surface area contributed by atoms with Crippen molar-refractivity contribution in [1.29, 1.82) is 0 Å². The average molecular weight is 527 g/mol. The van der Waals surface area contributed by atoms with Crippen molar-refractivity contribution in [2.45, 2.75) is 19.0 Å². The highest BCUT2D eigenvalue weighted by Crippen LogP contribution is 2.30. The van der Waals surface area contributed by atoms with Gasteiger partial charge in [-0.1, -0.05) is 36.4 Å². The summed E-state index contributed by atoms with van der Waals surface area (Å²) in [5.41, 5.74) is 0.821. The summed E-state index contributed by atoms with van der Waals surface area (Å²) in [5, 5.41) is 5.38. The van der Waals surface area contributed by atoms with E-state index in [-0.39, 0.29) is 24.2 Å². The molecule has 0 unspecified atom stereocenters. The first kappa shape index (κ1) is 28.3. The lowest BCUT2D eigenvalue weighted by Crippen LogP contribution is -2.36. The maximum atomic E-state index is 13.2. The molecule has 0 radical (unpaired) electrons. The molecule has 0 atom stereocenters. The van der Waals surface area contributed by atoms with E-state index in [4.69, 9.17) is 9.47 Å². The van der Waals surface area contributed by atoms with Crippen LogP contribution in [-0.4, -0.2) is 39.1 Å². The fourth-order valence-corrected chi connectivity index (χ4v) is 3.62. The summed E-state index contributed by atoms with van der Waals surface area (Å²) in [7, 11) is 3.13. The van der Waals surface area contributed by atoms with Gasteiger partial charge in [-0.25, -0.2) is 0 Å². The molecule has 3 rings (SSSR count). The number of methoxy groups -OCH3 is 2. The molecule has 0 spiro atoms. The van der Waals surface area contributed by atoms with Crippen molar-refractivity contribution in [2.75, 3.05) is 27.3 Å². The molecule has 38 heavy (non-hydrogen) atoms. The van der Waals surface area contributed by atoms with Crippen molar-refractivity contribution in [2.24, 2.45) is 0 Å². The van der Waals surface area contributed by atoms with E-state index in [1.807, 2.05) is 24.3 Å². The van der Waals surface area contributed by atoms with Gasteiger partial charge in [0.2, 0.25) is 0 Å². The van der Waals surface area contributed by atoms with E-state index in [9.17, 15) is 22.8 Å². The lowest BCUT2D eigenvalue weighted by Gasteiger charge is -2.12. The molecular formula is C29H29F3N2O4. The molecule has 3 aromatic rings. The Labute approximate surface area is 219 Å². The van der Waals surface area contributed by atoms with Crippen LogP contribution in [0.25, 0.3) is 6.08 Å². The van der Waals surface area contributed by atoms with Crippen molar-refractivity contribution in [3.63, 3.8) is 0 Å². The Balaban J connectivity index is 1.71. The first-order valence-electron chi connectivity index (χ1n) is 11.9. The Morgan fingerprint density at radius 3 is 1.66 bits per heavy atom. The minimum Gasteiger partial charge on any atom is -0.497 e. The summed E-state index contributed by atoms with van der Waals surface area (Å²) >= 11 is 0. The van der Waals surface area contributed by atoms with Gasteiger partial charge in [-0.05, 0) is 72.0 Å². The minimum atomic E-state index is -4.55. The van der Waals surface area contributed by atoms with E-state index in [1.54, 1.807) is 38.5 Å². The fraction of sp³-hybridized carbons (Fsp3) is 0.241. The highest BCUT2D eigenvalue weighted by atomic mass is 19.4. The highest BCUT2D eigenvalue weighted by Gasteiger charge is 2.30. The third-order valence-electron chi connectivity index (χ3n) is 5.73. The van der Waals surface area contributed by atoms with Gasteiger partial charge in [0.1, 0.15) is 17.1 Å². The van der Waals surface area contributed by atoms with Crippen molar-refractivity contribution in [3.05, 3.63) is 101 Å². The molecule has 0 aliphatic rings. The number of hydrogen-bond donors (Lipinski definition) is 2. The number of rotatable bonds is 11. The van der Waals surface area contributed by atoms with Gasteiger partial charge in [0.15, 0.2) is 0 Å². The van der Waals surface area contributed by atoms with Gasteiger partial charge in [0.05, 0.1) is 19.8 Å². The third kappa shape index (κ3) is 8.40. The molecule has 2 N–H and O–H groups in total. The van der Waals surface area contributed by atoms with Crippen LogP contribution in [0, 0.1) is 0 Å². The largest absolute Gasteiger partial charge is 0.497 e. The molecule has 0 saturated carbocycles. The quantitative estimate of drug-likeness (QED) is 0.213. The van der Waals surface area contributed by atoms with Gasteiger partial charge < -0.3 is 20.1 Å². The van der Waals surface area contributed by atoms with Crippen LogP contribution in [0.3, 0.4) is 0 Å². The third-order valence-corrected chi connectivity index (χ3v) is 5.73. The number of ether oxygens (including phenoxy) is 2. The predicted octanol–water partition coefficient (Wildman–Crippen LogP) is 4.82. The molecule has 0 fully saturated rings. The Morgan fingerprint density at radius 1 is 0.763 bits per heavy atom. The lowest BCUT2D eigenvalue weighted by atomic mass is 10.1. The molecule has 2 amide bonds. The zero-order chi connectivity index (χ0) is 27.5. The molecule has 0 aromatic heterocycles. The van der Waals surface area contributed by atoms with Crippen LogP contribution in [0.4, 0.5) is 13.2 Å². The van der Waals surface area contributed by atoms with Crippen LogP contribution in [0.2, 0.25) is 0 Å². The maximum Gasteiger partial charge on any atom is 0.416 e. The number of amides is 2. The standard InChI is InChI=1S/C29H29F3N2O4/c1-37-24-10-6-20(7-11-24)14-16-33-27(35)26(19-22-4-3-5-23(18-22)29(30,31)32)28(36)34-17-15-21-8-12-25(38-2)13-9-21/h3-13,18-19H,14-17H2,1-2H3,(H,33,35)(H,34,36). The second kappa shape index (κ2) is 13.3. The first-order valence-corrected chi connectivity index (χ1v) is 11.9. The normalized spacial score (nSPS) is 10.9. The van der Waals surface area contributed by atoms with Crippen LogP contribution in [-0.2, 0) is 28.6 Å². The summed E-state index contributed by atoms with van der Waals surface area (Å²) < 4.78 is 49.8. The molecule has 3 aromatic carbocycles. The molecule has 0 saturated heterocycles. The number of hydrogen-bond acceptors (Lipinski definition) is 4. The van der Waals surface area contributed by atoms with E-state index < -0.39 is 23.6 Å². The summed E-state index contributed by atoms with van der Waals surface area (Å²) in [6, 6.07) is 19.1. The van der Waals surface area contributed by atoms with Crippen LogP contribution in [0.1, 0.15) is 22.3 Å². The molecule has 9 heteroatoms. The molecule has 0 aliphatic heterocycles. The Hall–Kier alpha value is -4.27. The second-order valence-electron chi connectivity index (χ2n) is 8.39. The topological polar surface area (TPSA) is 76.7 Å². The fourth-order valence-electron chi connectivity index (χ4n) is 3.62. The van der Waals surface area contributed by atoms with Crippen molar-refractivity contribution >= 4 is 17.9 Å². The molecule has 0 bridgehead atoms. The SMILES string of the molecule is COc1ccc(CCNC(=O)C(=Cc2cccc(C(F)(F)F)c2)C(=O)NCCc2ccc(OC)cc2)cc1. The maximum absolute atomic E-state index is 13.2. The number of carbonyl (C=O) groups excluding carboxylic acids is 2. The van der Waals surface area contributed by atoms with Gasteiger partial charge in [0, 0.05) is 13.1 Å². The molecule has 0 heterocycles. The molecular weight excluding hydrogens is 497 g/mol. The predicted molar refractivity (Wildman–Crippen MR) is 139 cm³/mol. The van der Waals surface area contributed by atoms with Crippen LogP contribution in [0.15, 0.2) is 78.4 Å². The second-order valence-corrected chi connectivity index (χ2v) is 8.39. The van der Waals surface area contributed by atoms with E-state index in [2.05, 4.69) is 10.6 Å². The molecule has 6 nitrogen and oxygen atoms in total. The summed E-state index contributed by atoms with van der Waals surface area (Å²) in [5.74, 6) is 0.0431. The summed E-state index contributed by atoms with van der Waals surface area (Å²) in [4.78, 5) is 25.9. The van der Waals surface area contributed by atoms with Crippen LogP contribution < -0.4 is 20.1 Å². The van der Waals surface area contributed by atoms with E-state index >= 15 is 0 Å². The first-order chi connectivity index (χ1) is 18.2. The van der Waals surface area contributed by atoms with Gasteiger partial charge in [-0.2, -0.15) is 13.2 Å². The number of benzene rings is 3. The van der Waals surface area contributed by atoms with Crippen molar-refractivity contribution in [3.8, 4) is 11.5 Å². The number of nitrogens with one attached hydrogen (secondary N) is 2. The Kier molecular flexibility index (Phi) is 9.92. The molecule has 200 valence electrons. The van der Waals surface area contributed by atoms with Gasteiger partial charge >= 0.3 is 6.18 Å². The van der Waals surface area contributed by atoms with Gasteiger partial charge in [-0.15, -0.1) is 0 Å². The van der Waals surface area contributed by atoms with E-state index in [0.29, 0.717) is 24.3 Å². The lowest BCUT2D eigenvalue weighted by molar-refractivity contribution is -0.137. The minimum absolute atomic E-state index is 0.0884. The van der Waals surface area contributed by atoms with E-state index in [1.165, 1.54) is 18.2 Å². The summed E-state index contributed by atoms with van der Waals surface area (Å²) in [6.07, 6.45) is -2.40. The van der Waals surface area contributed by atoms with Crippen LogP contribution in [0.5, 0.6) is 11.5 Å². The number of carbonyl (C=O) groups is 2. The Bertz CT molecular complexity index is 1190. The van der Waals surface area contributed by atoms with Crippen LogP contribution >= 0.6 is 0 Å². The Morgan fingerprint density at radius 2 is 1.24 bits per heavy atom. The van der Waals surface area contributed by atoms with Crippen molar-refractivity contribution < 1.29 is 32.2 Å². The monoisotopic (exact) mass is 526 g/mol. The van der Waals surface area contributed by atoms with Crippen molar-refractivity contribution in [1.82, 2.24) is 10.6 Å². The smallest absolute Gasteiger partial charge is 0.416 e. The number of halogens is 3. The van der Waals surface area contributed by atoms with Gasteiger partial charge in [0.25, 0.3) is 11.8 Å². The van der Waals surface area contributed by atoms with Gasteiger partial charge in [-0.3, -0.25) is 9.59 Å². The highest BCUT2D eigenvalue weighted by molar-refractivity contribution is 6.21. The van der Waals surface area contributed by atoms with E-state index in [0.717, 1.165) is 23.3 Å².